The maximum atomic E-state index is 4.55. The molecule has 0 saturated heterocycles. The number of nitrogens with zero attached hydrogens (tertiary/aromatic N) is 2. The highest BCUT2D eigenvalue weighted by Gasteiger charge is 2.05. The van der Waals surface area contributed by atoms with E-state index < -0.39 is 0 Å². The van der Waals surface area contributed by atoms with Crippen molar-refractivity contribution in [2.75, 3.05) is 11.9 Å². The lowest BCUT2D eigenvalue weighted by Crippen LogP contribution is -2.28. The molecule has 1 aliphatic rings. The zero-order valence-electron chi connectivity index (χ0n) is 14.4. The van der Waals surface area contributed by atoms with Gasteiger partial charge in [0.05, 0.1) is 0 Å². The quantitative estimate of drug-likeness (QED) is 0.756. The summed E-state index contributed by atoms with van der Waals surface area (Å²) in [6.07, 6.45) is 8.20. The number of aryl methyl sites for hydroxylation is 1. The SMILES string of the molecule is Cc1ccc(CNc2ccc(Cc3c[nH]c4c3=CCCN=4)cn2)cc1. The van der Waals surface area contributed by atoms with Crippen molar-refractivity contribution < 1.29 is 0 Å². The van der Waals surface area contributed by atoms with Gasteiger partial charge in [0.1, 0.15) is 11.3 Å². The lowest BCUT2D eigenvalue weighted by molar-refractivity contribution is 0.933. The predicted octanol–water partition coefficient (Wildman–Crippen LogP) is 2.72. The molecule has 0 amide bonds. The molecule has 3 heterocycles. The van der Waals surface area contributed by atoms with E-state index in [0.717, 1.165) is 37.2 Å². The highest BCUT2D eigenvalue weighted by atomic mass is 15.0. The van der Waals surface area contributed by atoms with Crippen LogP contribution in [0.1, 0.15) is 28.7 Å². The van der Waals surface area contributed by atoms with Gasteiger partial charge in [0.25, 0.3) is 0 Å². The summed E-state index contributed by atoms with van der Waals surface area (Å²) in [6, 6.07) is 12.8. The number of aromatic amines is 1. The third-order valence-corrected chi connectivity index (χ3v) is 4.55. The van der Waals surface area contributed by atoms with Gasteiger partial charge in [-0.3, -0.25) is 4.99 Å². The first-order valence-electron chi connectivity index (χ1n) is 8.73. The molecule has 4 heteroatoms. The normalized spacial score (nSPS) is 12.8. The molecular weight excluding hydrogens is 308 g/mol. The summed E-state index contributed by atoms with van der Waals surface area (Å²) in [7, 11) is 0. The van der Waals surface area contributed by atoms with Gasteiger partial charge < -0.3 is 10.3 Å². The van der Waals surface area contributed by atoms with Crippen LogP contribution < -0.4 is 16.0 Å². The van der Waals surface area contributed by atoms with Crippen LogP contribution in [-0.2, 0) is 13.0 Å². The molecule has 2 N–H and O–H groups in total. The average molecular weight is 330 g/mol. The molecule has 0 atom stereocenters. The van der Waals surface area contributed by atoms with E-state index in [4.69, 9.17) is 0 Å². The second kappa shape index (κ2) is 6.93. The zero-order valence-corrected chi connectivity index (χ0v) is 14.4. The first-order valence-corrected chi connectivity index (χ1v) is 8.73. The summed E-state index contributed by atoms with van der Waals surface area (Å²) in [6.45, 7) is 3.77. The molecule has 0 aliphatic carbocycles. The molecule has 0 fully saturated rings. The van der Waals surface area contributed by atoms with E-state index in [1.807, 2.05) is 6.20 Å². The van der Waals surface area contributed by atoms with Crippen molar-refractivity contribution in [1.29, 1.82) is 0 Å². The van der Waals surface area contributed by atoms with Crippen molar-refractivity contribution in [1.82, 2.24) is 9.97 Å². The molecule has 126 valence electrons. The monoisotopic (exact) mass is 330 g/mol. The molecule has 1 aliphatic heterocycles. The number of aromatic nitrogens is 2. The van der Waals surface area contributed by atoms with Gasteiger partial charge in [-0.05, 0) is 36.1 Å². The Morgan fingerprint density at radius 2 is 1.92 bits per heavy atom. The highest BCUT2D eigenvalue weighted by molar-refractivity contribution is 5.39. The van der Waals surface area contributed by atoms with E-state index >= 15 is 0 Å². The number of benzene rings is 1. The van der Waals surface area contributed by atoms with E-state index in [1.54, 1.807) is 0 Å². The Morgan fingerprint density at radius 1 is 1.08 bits per heavy atom. The topological polar surface area (TPSA) is 53.1 Å². The van der Waals surface area contributed by atoms with E-state index in [2.05, 4.69) is 75.9 Å². The first-order chi connectivity index (χ1) is 12.3. The summed E-state index contributed by atoms with van der Waals surface area (Å²) < 4.78 is 0. The molecule has 4 rings (SSSR count). The number of anilines is 1. The van der Waals surface area contributed by atoms with Gasteiger partial charge in [-0.2, -0.15) is 0 Å². The van der Waals surface area contributed by atoms with Crippen molar-refractivity contribution >= 4 is 11.9 Å². The third-order valence-electron chi connectivity index (χ3n) is 4.55. The fourth-order valence-corrected chi connectivity index (χ4v) is 3.11. The lowest BCUT2D eigenvalue weighted by Gasteiger charge is -2.07. The van der Waals surface area contributed by atoms with Crippen LogP contribution in [-0.4, -0.2) is 16.5 Å². The number of rotatable bonds is 5. The molecule has 4 nitrogen and oxygen atoms in total. The van der Waals surface area contributed by atoms with Gasteiger partial charge in [-0.1, -0.05) is 42.0 Å². The average Bonchev–Trinajstić information content (AvgIpc) is 3.06. The number of H-pyrrole nitrogens is 1. The maximum Gasteiger partial charge on any atom is 0.132 e. The molecule has 0 bridgehead atoms. The van der Waals surface area contributed by atoms with Crippen LogP contribution in [0.5, 0.6) is 0 Å². The summed E-state index contributed by atoms with van der Waals surface area (Å²) >= 11 is 0. The zero-order chi connectivity index (χ0) is 17.1. The van der Waals surface area contributed by atoms with Crippen molar-refractivity contribution in [3.8, 4) is 0 Å². The van der Waals surface area contributed by atoms with Gasteiger partial charge in [-0.15, -0.1) is 0 Å². The Balaban J connectivity index is 1.42. The fraction of sp³-hybridized carbons (Fsp3) is 0.238. The number of pyridine rings is 1. The van der Waals surface area contributed by atoms with Crippen LogP contribution in [0.4, 0.5) is 5.82 Å². The summed E-state index contributed by atoms with van der Waals surface area (Å²) in [5, 5.41) is 4.64. The van der Waals surface area contributed by atoms with Gasteiger partial charge in [-0.25, -0.2) is 4.98 Å². The van der Waals surface area contributed by atoms with Gasteiger partial charge in [0.2, 0.25) is 0 Å². The van der Waals surface area contributed by atoms with Gasteiger partial charge in [0, 0.05) is 37.1 Å². The summed E-state index contributed by atoms with van der Waals surface area (Å²) in [5.41, 5.74) is 6.06. The van der Waals surface area contributed by atoms with Crippen LogP contribution in [0.3, 0.4) is 0 Å². The number of nitrogens with one attached hydrogen (secondary N) is 2. The number of hydrogen-bond acceptors (Lipinski definition) is 3. The largest absolute Gasteiger partial charge is 0.366 e. The molecule has 1 aromatic carbocycles. The molecule has 3 aromatic rings. The van der Waals surface area contributed by atoms with Crippen molar-refractivity contribution in [3.63, 3.8) is 0 Å². The maximum absolute atomic E-state index is 4.55. The molecule has 0 unspecified atom stereocenters. The Morgan fingerprint density at radius 3 is 2.72 bits per heavy atom. The van der Waals surface area contributed by atoms with Crippen LogP contribution in [0.25, 0.3) is 6.08 Å². The van der Waals surface area contributed by atoms with Crippen LogP contribution in [0.2, 0.25) is 0 Å². The second-order valence-electron chi connectivity index (χ2n) is 6.52. The first kappa shape index (κ1) is 15.6. The Bertz CT molecular complexity index is 966. The van der Waals surface area contributed by atoms with Crippen LogP contribution in [0.15, 0.2) is 53.8 Å². The number of hydrogen-bond donors (Lipinski definition) is 2. The third kappa shape index (κ3) is 3.63. The smallest absolute Gasteiger partial charge is 0.132 e. The van der Waals surface area contributed by atoms with Crippen LogP contribution in [0, 0.1) is 6.92 Å². The Labute approximate surface area is 147 Å². The molecule has 0 saturated carbocycles. The fourth-order valence-electron chi connectivity index (χ4n) is 3.11. The minimum absolute atomic E-state index is 0.786. The molecular formula is C21H22N4. The van der Waals surface area contributed by atoms with Crippen molar-refractivity contribution in [3.05, 3.63) is 81.8 Å². The van der Waals surface area contributed by atoms with E-state index in [0.29, 0.717) is 0 Å². The Hall–Kier alpha value is -2.88. The van der Waals surface area contributed by atoms with E-state index in [1.165, 1.54) is 27.5 Å². The lowest BCUT2D eigenvalue weighted by atomic mass is 10.1. The van der Waals surface area contributed by atoms with Gasteiger partial charge >= 0.3 is 0 Å². The Kier molecular flexibility index (Phi) is 4.34. The minimum Gasteiger partial charge on any atom is -0.366 e. The summed E-state index contributed by atoms with van der Waals surface area (Å²) in [4.78, 5) is 12.3. The molecule has 0 radical (unpaired) electrons. The van der Waals surface area contributed by atoms with Crippen molar-refractivity contribution in [2.24, 2.45) is 4.99 Å². The molecule has 0 spiro atoms. The van der Waals surface area contributed by atoms with Gasteiger partial charge in [0.15, 0.2) is 0 Å². The van der Waals surface area contributed by atoms with E-state index in [-0.39, 0.29) is 0 Å². The highest BCUT2D eigenvalue weighted by Crippen LogP contribution is 2.11. The number of fused-ring (bicyclic) bond motifs is 1. The van der Waals surface area contributed by atoms with Crippen molar-refractivity contribution in [2.45, 2.75) is 26.3 Å². The van der Waals surface area contributed by atoms with E-state index in [9.17, 15) is 0 Å². The predicted molar refractivity (Wildman–Crippen MR) is 101 cm³/mol. The molecule has 25 heavy (non-hydrogen) atoms. The second-order valence-corrected chi connectivity index (χ2v) is 6.52. The molecule has 2 aromatic heterocycles. The minimum atomic E-state index is 0.786. The summed E-state index contributed by atoms with van der Waals surface area (Å²) in [5.74, 6) is 0.905. The standard InChI is InChI=1S/C21H22N4/c1-15-4-6-16(7-5-15)12-23-20-9-8-17(13-24-20)11-18-14-25-21-19(18)3-2-10-22-21/h3-9,13-14H,2,10-12H2,1H3,(H,22,25)(H,23,24). The van der Waals surface area contributed by atoms with Crippen LogP contribution >= 0.6 is 0 Å².